The summed E-state index contributed by atoms with van der Waals surface area (Å²) in [5.41, 5.74) is 0.872. The number of hydrogen-bond donors (Lipinski definition) is 1. The van der Waals surface area contributed by atoms with Gasteiger partial charge in [0.25, 0.3) is 0 Å². The molecule has 0 aliphatic heterocycles. The van der Waals surface area contributed by atoms with E-state index in [2.05, 4.69) is 10.5 Å². The maximum atomic E-state index is 13.6. The van der Waals surface area contributed by atoms with Gasteiger partial charge >= 0.3 is 0 Å². The topological polar surface area (TPSA) is 47.3 Å². The van der Waals surface area contributed by atoms with Crippen LogP contribution >= 0.6 is 0 Å². The SMILES string of the molecule is CNCc1ccc(OCc2ccno2)c(F)c1. The van der Waals surface area contributed by atoms with Crippen molar-refractivity contribution >= 4 is 0 Å². The Balaban J connectivity index is 2.01. The maximum Gasteiger partial charge on any atom is 0.174 e. The molecule has 2 rings (SSSR count). The second-order valence-electron chi connectivity index (χ2n) is 3.56. The van der Waals surface area contributed by atoms with Crippen molar-refractivity contribution < 1.29 is 13.7 Å². The highest BCUT2D eigenvalue weighted by Gasteiger charge is 2.06. The highest BCUT2D eigenvalue weighted by molar-refractivity contribution is 5.29. The van der Waals surface area contributed by atoms with Crippen LogP contribution < -0.4 is 10.1 Å². The van der Waals surface area contributed by atoms with Gasteiger partial charge in [-0.15, -0.1) is 0 Å². The normalized spacial score (nSPS) is 10.5. The highest BCUT2D eigenvalue weighted by atomic mass is 19.1. The predicted octanol–water partition coefficient (Wildman–Crippen LogP) is 2.11. The molecule has 0 bridgehead atoms. The summed E-state index contributed by atoms with van der Waals surface area (Å²) in [5.74, 6) is 0.391. The zero-order chi connectivity index (χ0) is 12.1. The third-order valence-corrected chi connectivity index (χ3v) is 2.24. The van der Waals surface area contributed by atoms with E-state index in [9.17, 15) is 4.39 Å². The third kappa shape index (κ3) is 3.04. The van der Waals surface area contributed by atoms with Crippen LogP contribution in [0.3, 0.4) is 0 Å². The van der Waals surface area contributed by atoms with Gasteiger partial charge in [0, 0.05) is 12.6 Å². The monoisotopic (exact) mass is 236 g/mol. The van der Waals surface area contributed by atoms with E-state index in [0.29, 0.717) is 12.3 Å². The van der Waals surface area contributed by atoms with E-state index >= 15 is 0 Å². The van der Waals surface area contributed by atoms with Gasteiger partial charge < -0.3 is 14.6 Å². The van der Waals surface area contributed by atoms with Crippen LogP contribution in [0.25, 0.3) is 0 Å². The lowest BCUT2D eigenvalue weighted by molar-refractivity contribution is 0.240. The lowest BCUT2D eigenvalue weighted by Crippen LogP contribution is -2.05. The standard InChI is InChI=1S/C12H13FN2O2/c1-14-7-9-2-3-12(11(13)6-9)16-8-10-4-5-15-17-10/h2-6,14H,7-8H2,1H3. The Morgan fingerprint density at radius 1 is 1.41 bits per heavy atom. The Bertz CT molecular complexity index is 471. The van der Waals surface area contributed by atoms with Crippen LogP contribution in [0, 0.1) is 5.82 Å². The minimum atomic E-state index is -0.378. The molecule has 1 heterocycles. The minimum absolute atomic E-state index is 0.169. The van der Waals surface area contributed by atoms with Crippen LogP contribution in [-0.4, -0.2) is 12.2 Å². The van der Waals surface area contributed by atoms with E-state index in [1.807, 2.05) is 13.1 Å². The van der Waals surface area contributed by atoms with Crippen LogP contribution in [0.1, 0.15) is 11.3 Å². The van der Waals surface area contributed by atoms with Gasteiger partial charge in [-0.2, -0.15) is 0 Å². The molecular formula is C12H13FN2O2. The number of nitrogens with zero attached hydrogens (tertiary/aromatic N) is 1. The number of ether oxygens (including phenoxy) is 1. The molecule has 0 fully saturated rings. The van der Waals surface area contributed by atoms with E-state index in [1.165, 1.54) is 12.3 Å². The van der Waals surface area contributed by atoms with Crippen LogP contribution in [0.15, 0.2) is 35.0 Å². The summed E-state index contributed by atoms with van der Waals surface area (Å²) in [6.07, 6.45) is 1.52. The van der Waals surface area contributed by atoms with Crippen LogP contribution in [0.4, 0.5) is 4.39 Å². The molecule has 0 unspecified atom stereocenters. The average Bonchev–Trinajstić information content (AvgIpc) is 2.81. The van der Waals surface area contributed by atoms with E-state index < -0.39 is 0 Å². The van der Waals surface area contributed by atoms with Gasteiger partial charge in [0.05, 0.1) is 6.20 Å². The van der Waals surface area contributed by atoms with E-state index in [4.69, 9.17) is 9.26 Å². The fourth-order valence-electron chi connectivity index (χ4n) is 1.44. The van der Waals surface area contributed by atoms with Gasteiger partial charge in [-0.25, -0.2) is 4.39 Å². The van der Waals surface area contributed by atoms with Crippen LogP contribution in [-0.2, 0) is 13.2 Å². The molecule has 5 heteroatoms. The van der Waals surface area contributed by atoms with Gasteiger partial charge in [0.1, 0.15) is 6.61 Å². The molecule has 0 saturated carbocycles. The van der Waals surface area contributed by atoms with Crippen LogP contribution in [0.2, 0.25) is 0 Å². The molecule has 0 amide bonds. The minimum Gasteiger partial charge on any atom is -0.482 e. The lowest BCUT2D eigenvalue weighted by Gasteiger charge is -2.07. The largest absolute Gasteiger partial charge is 0.482 e. The third-order valence-electron chi connectivity index (χ3n) is 2.24. The molecule has 2 aromatic rings. The first-order valence-corrected chi connectivity index (χ1v) is 5.25. The number of rotatable bonds is 5. The zero-order valence-corrected chi connectivity index (χ0v) is 9.44. The Morgan fingerprint density at radius 3 is 2.94 bits per heavy atom. The van der Waals surface area contributed by atoms with Crippen molar-refractivity contribution in [2.45, 2.75) is 13.2 Å². The van der Waals surface area contributed by atoms with E-state index in [0.717, 1.165) is 5.56 Å². The summed E-state index contributed by atoms with van der Waals surface area (Å²) < 4.78 is 23.7. The molecule has 0 spiro atoms. The molecule has 1 N–H and O–H groups in total. The Labute approximate surface area is 98.4 Å². The van der Waals surface area contributed by atoms with Crippen molar-refractivity contribution in [3.05, 3.63) is 47.6 Å². The Morgan fingerprint density at radius 2 is 2.29 bits per heavy atom. The smallest absolute Gasteiger partial charge is 0.174 e. The van der Waals surface area contributed by atoms with Crippen molar-refractivity contribution in [2.24, 2.45) is 0 Å². The molecule has 0 aliphatic rings. The average molecular weight is 236 g/mol. The molecule has 4 nitrogen and oxygen atoms in total. The number of halogens is 1. The molecule has 0 aliphatic carbocycles. The summed E-state index contributed by atoms with van der Waals surface area (Å²) >= 11 is 0. The van der Waals surface area contributed by atoms with Gasteiger partial charge in [-0.1, -0.05) is 11.2 Å². The summed E-state index contributed by atoms with van der Waals surface area (Å²) in [4.78, 5) is 0. The van der Waals surface area contributed by atoms with Gasteiger partial charge in [0.2, 0.25) is 0 Å². The van der Waals surface area contributed by atoms with Crippen molar-refractivity contribution in [3.8, 4) is 5.75 Å². The Hall–Kier alpha value is -1.88. The van der Waals surface area contributed by atoms with E-state index in [1.54, 1.807) is 12.1 Å². The summed E-state index contributed by atoms with van der Waals surface area (Å²) in [5, 5.41) is 6.49. The second-order valence-corrected chi connectivity index (χ2v) is 3.56. The molecule has 90 valence electrons. The molecule has 0 radical (unpaired) electrons. The highest BCUT2D eigenvalue weighted by Crippen LogP contribution is 2.19. The quantitative estimate of drug-likeness (QED) is 0.863. The van der Waals surface area contributed by atoms with Crippen molar-refractivity contribution in [3.63, 3.8) is 0 Å². The van der Waals surface area contributed by atoms with Gasteiger partial charge in [-0.3, -0.25) is 0 Å². The van der Waals surface area contributed by atoms with Crippen molar-refractivity contribution in [1.82, 2.24) is 10.5 Å². The molecule has 0 atom stereocenters. The first kappa shape index (κ1) is 11.6. The van der Waals surface area contributed by atoms with Crippen LogP contribution in [0.5, 0.6) is 5.75 Å². The molecular weight excluding hydrogens is 223 g/mol. The summed E-state index contributed by atoms with van der Waals surface area (Å²) in [6.45, 7) is 0.793. The number of aromatic nitrogens is 1. The molecule has 1 aromatic carbocycles. The number of benzene rings is 1. The fourth-order valence-corrected chi connectivity index (χ4v) is 1.44. The molecule has 1 aromatic heterocycles. The molecule has 0 saturated heterocycles. The number of nitrogens with one attached hydrogen (secondary N) is 1. The van der Waals surface area contributed by atoms with Crippen molar-refractivity contribution in [2.75, 3.05) is 7.05 Å². The summed E-state index contributed by atoms with van der Waals surface area (Å²) in [6, 6.07) is 6.55. The van der Waals surface area contributed by atoms with Gasteiger partial charge in [0.15, 0.2) is 17.3 Å². The predicted molar refractivity (Wildman–Crippen MR) is 60.0 cm³/mol. The maximum absolute atomic E-state index is 13.6. The Kier molecular flexibility index (Phi) is 3.72. The first-order valence-electron chi connectivity index (χ1n) is 5.25. The van der Waals surface area contributed by atoms with E-state index in [-0.39, 0.29) is 18.2 Å². The van der Waals surface area contributed by atoms with Crippen molar-refractivity contribution in [1.29, 1.82) is 0 Å². The fraction of sp³-hybridized carbons (Fsp3) is 0.250. The lowest BCUT2D eigenvalue weighted by atomic mass is 10.2. The van der Waals surface area contributed by atoms with Gasteiger partial charge in [-0.05, 0) is 24.7 Å². The molecule has 17 heavy (non-hydrogen) atoms. The first-order chi connectivity index (χ1) is 8.29. The summed E-state index contributed by atoms with van der Waals surface area (Å²) in [7, 11) is 1.81. The zero-order valence-electron chi connectivity index (χ0n) is 9.44. The second kappa shape index (κ2) is 5.45. The number of hydrogen-bond acceptors (Lipinski definition) is 4.